The molecule has 0 unspecified atom stereocenters. The van der Waals surface area contributed by atoms with Crippen LogP contribution in [-0.2, 0) is 16.6 Å². The summed E-state index contributed by atoms with van der Waals surface area (Å²) in [6, 6.07) is 3.27. The molecular formula is C13H21NO3S2. The highest BCUT2D eigenvalue weighted by molar-refractivity contribution is 7.91. The van der Waals surface area contributed by atoms with Gasteiger partial charge in [-0.05, 0) is 30.4 Å². The van der Waals surface area contributed by atoms with E-state index in [4.69, 9.17) is 5.11 Å². The summed E-state index contributed by atoms with van der Waals surface area (Å²) in [4.78, 5) is 0.689. The number of aliphatic hydroxyl groups excluding tert-OH is 1. The summed E-state index contributed by atoms with van der Waals surface area (Å²) >= 11 is 1.16. The zero-order valence-corrected chi connectivity index (χ0v) is 13.1. The van der Waals surface area contributed by atoms with E-state index in [1.807, 2.05) is 0 Å². The monoisotopic (exact) mass is 303 g/mol. The lowest BCUT2D eigenvalue weighted by molar-refractivity contribution is 0.169. The van der Waals surface area contributed by atoms with Gasteiger partial charge in [-0.1, -0.05) is 20.3 Å². The number of hydrogen-bond donors (Lipinski definition) is 1. The second kappa shape index (κ2) is 5.52. The average molecular weight is 303 g/mol. The number of thiophene rings is 1. The minimum atomic E-state index is -3.37. The van der Waals surface area contributed by atoms with Crippen molar-refractivity contribution in [1.29, 1.82) is 0 Å². The van der Waals surface area contributed by atoms with Crippen LogP contribution in [-0.4, -0.2) is 30.9 Å². The number of aliphatic hydroxyl groups is 1. The maximum absolute atomic E-state index is 12.5. The van der Waals surface area contributed by atoms with Crippen molar-refractivity contribution in [2.75, 3.05) is 13.1 Å². The Morgan fingerprint density at radius 3 is 2.47 bits per heavy atom. The molecule has 0 amide bonds. The van der Waals surface area contributed by atoms with Crippen LogP contribution in [0.5, 0.6) is 0 Å². The van der Waals surface area contributed by atoms with Crippen LogP contribution >= 0.6 is 11.3 Å². The van der Waals surface area contributed by atoms with Crippen LogP contribution in [0.4, 0.5) is 0 Å². The summed E-state index contributed by atoms with van der Waals surface area (Å²) in [5.41, 5.74) is 0.276. The summed E-state index contributed by atoms with van der Waals surface area (Å²) in [7, 11) is -3.37. The van der Waals surface area contributed by atoms with E-state index in [-0.39, 0.29) is 12.0 Å². The summed E-state index contributed by atoms with van der Waals surface area (Å²) < 4.78 is 26.9. The molecule has 0 spiro atoms. The fraction of sp³-hybridized carbons (Fsp3) is 0.692. The van der Waals surface area contributed by atoms with Gasteiger partial charge >= 0.3 is 0 Å². The lowest BCUT2D eigenvalue weighted by Crippen LogP contribution is -2.41. The minimum Gasteiger partial charge on any atom is -0.391 e. The molecule has 0 aromatic carbocycles. The summed E-state index contributed by atoms with van der Waals surface area (Å²) in [5, 5.41) is 9.03. The van der Waals surface area contributed by atoms with Gasteiger partial charge in [0.15, 0.2) is 0 Å². The van der Waals surface area contributed by atoms with Gasteiger partial charge in [0, 0.05) is 18.0 Å². The van der Waals surface area contributed by atoms with Gasteiger partial charge in [0.1, 0.15) is 4.21 Å². The topological polar surface area (TPSA) is 57.6 Å². The van der Waals surface area contributed by atoms with Gasteiger partial charge in [-0.2, -0.15) is 4.31 Å². The molecule has 1 aromatic rings. The second-order valence-corrected chi connectivity index (χ2v) is 8.78. The fourth-order valence-corrected chi connectivity index (χ4v) is 5.14. The Morgan fingerprint density at radius 2 is 2.00 bits per heavy atom. The van der Waals surface area contributed by atoms with Crippen molar-refractivity contribution < 1.29 is 13.5 Å². The molecule has 1 fully saturated rings. The smallest absolute Gasteiger partial charge is 0.252 e. The van der Waals surface area contributed by atoms with Crippen molar-refractivity contribution in [2.45, 2.75) is 43.9 Å². The van der Waals surface area contributed by atoms with Crippen molar-refractivity contribution in [3.63, 3.8) is 0 Å². The molecule has 2 rings (SSSR count). The molecule has 1 aliphatic rings. The molecule has 0 saturated carbocycles. The van der Waals surface area contributed by atoms with Crippen LogP contribution in [0.1, 0.15) is 38.0 Å². The van der Waals surface area contributed by atoms with Gasteiger partial charge in [0.25, 0.3) is 10.0 Å². The van der Waals surface area contributed by atoms with Crippen molar-refractivity contribution >= 4 is 21.4 Å². The Hall–Kier alpha value is -0.430. The van der Waals surface area contributed by atoms with Crippen LogP contribution in [0.25, 0.3) is 0 Å². The zero-order chi connectivity index (χ0) is 14.1. The second-order valence-electron chi connectivity index (χ2n) is 5.45. The molecule has 0 aliphatic carbocycles. The van der Waals surface area contributed by atoms with Crippen molar-refractivity contribution in [2.24, 2.45) is 5.41 Å². The average Bonchev–Trinajstić information content (AvgIpc) is 2.89. The summed E-state index contributed by atoms with van der Waals surface area (Å²) in [6.45, 7) is 5.48. The Bertz CT molecular complexity index is 528. The molecule has 1 saturated heterocycles. The van der Waals surface area contributed by atoms with E-state index in [1.54, 1.807) is 16.4 Å². The molecule has 4 nitrogen and oxygen atoms in total. The first kappa shape index (κ1) is 15.0. The molecule has 0 radical (unpaired) electrons. The van der Waals surface area contributed by atoms with Crippen LogP contribution in [0.15, 0.2) is 16.3 Å². The zero-order valence-electron chi connectivity index (χ0n) is 11.4. The molecule has 1 aliphatic heterocycles. The number of piperidine rings is 1. The quantitative estimate of drug-likeness (QED) is 0.929. The van der Waals surface area contributed by atoms with Gasteiger partial charge < -0.3 is 5.11 Å². The first-order valence-corrected chi connectivity index (χ1v) is 8.87. The number of nitrogens with zero attached hydrogens (tertiary/aromatic N) is 1. The van der Waals surface area contributed by atoms with Gasteiger partial charge in [-0.3, -0.25) is 0 Å². The lowest BCUT2D eigenvalue weighted by atomic mass is 9.79. The van der Waals surface area contributed by atoms with Gasteiger partial charge in [0.05, 0.1) is 6.61 Å². The first-order valence-electron chi connectivity index (χ1n) is 6.61. The maximum Gasteiger partial charge on any atom is 0.252 e. The number of hydrogen-bond acceptors (Lipinski definition) is 4. The molecule has 6 heteroatoms. The number of sulfonamides is 1. The predicted octanol–water partition coefficient (Wildman–Crippen LogP) is 2.44. The van der Waals surface area contributed by atoms with Crippen molar-refractivity contribution in [3.05, 3.63) is 17.0 Å². The Labute approximate surface area is 119 Å². The highest BCUT2D eigenvalue weighted by Crippen LogP contribution is 2.36. The molecule has 0 bridgehead atoms. The van der Waals surface area contributed by atoms with Gasteiger partial charge in [0.2, 0.25) is 0 Å². The molecule has 1 aromatic heterocycles. The van der Waals surface area contributed by atoms with Crippen molar-refractivity contribution in [3.8, 4) is 0 Å². The molecule has 2 heterocycles. The Morgan fingerprint density at radius 1 is 1.37 bits per heavy atom. The standard InChI is InChI=1S/C13H21NO3S2/c1-3-13(2)6-8-14(9-7-13)19(16,17)12-5-4-11(10-15)18-12/h4-5,15H,3,6-10H2,1-2H3. The highest BCUT2D eigenvalue weighted by atomic mass is 32.2. The molecule has 0 atom stereocenters. The SMILES string of the molecule is CCC1(C)CCN(S(=O)(=O)c2ccc(CO)s2)CC1. The molecule has 1 N–H and O–H groups in total. The third-order valence-corrected chi connectivity index (χ3v) is 7.61. The largest absolute Gasteiger partial charge is 0.391 e. The highest BCUT2D eigenvalue weighted by Gasteiger charge is 2.34. The normalized spacial score (nSPS) is 20.6. The lowest BCUT2D eigenvalue weighted by Gasteiger charge is -2.37. The summed E-state index contributed by atoms with van der Waals surface area (Å²) in [6.07, 6.45) is 2.93. The van der Waals surface area contributed by atoms with E-state index < -0.39 is 10.0 Å². The summed E-state index contributed by atoms with van der Waals surface area (Å²) in [5.74, 6) is 0. The molecule has 108 valence electrons. The van der Waals surface area contributed by atoms with Gasteiger partial charge in [-0.25, -0.2) is 8.42 Å². The van der Waals surface area contributed by atoms with E-state index in [0.29, 0.717) is 22.2 Å². The van der Waals surface area contributed by atoms with E-state index in [1.165, 1.54) is 0 Å². The van der Waals surface area contributed by atoms with Crippen molar-refractivity contribution in [1.82, 2.24) is 4.31 Å². The predicted molar refractivity (Wildman–Crippen MR) is 76.6 cm³/mol. The van der Waals surface area contributed by atoms with Crippen LogP contribution in [0.3, 0.4) is 0 Å². The first-order chi connectivity index (χ1) is 8.91. The Balaban J connectivity index is 2.14. The minimum absolute atomic E-state index is 0.103. The third-order valence-electron chi connectivity index (χ3n) is 4.17. The molecule has 19 heavy (non-hydrogen) atoms. The van der Waals surface area contributed by atoms with E-state index in [0.717, 1.165) is 30.6 Å². The van der Waals surface area contributed by atoms with Crippen LogP contribution < -0.4 is 0 Å². The Kier molecular flexibility index (Phi) is 4.35. The fourth-order valence-electron chi connectivity index (χ4n) is 2.33. The maximum atomic E-state index is 12.5. The van der Waals surface area contributed by atoms with E-state index >= 15 is 0 Å². The number of rotatable bonds is 4. The van der Waals surface area contributed by atoms with E-state index in [9.17, 15) is 8.42 Å². The van der Waals surface area contributed by atoms with Gasteiger partial charge in [-0.15, -0.1) is 11.3 Å². The van der Waals surface area contributed by atoms with Crippen LogP contribution in [0, 0.1) is 5.41 Å². The van der Waals surface area contributed by atoms with Crippen LogP contribution in [0.2, 0.25) is 0 Å². The third kappa shape index (κ3) is 3.02. The van der Waals surface area contributed by atoms with E-state index in [2.05, 4.69) is 13.8 Å². The molecular weight excluding hydrogens is 282 g/mol.